The lowest BCUT2D eigenvalue weighted by molar-refractivity contribution is 0.0639. The average Bonchev–Trinajstić information content (AvgIpc) is 2.38. The van der Waals surface area contributed by atoms with Crippen LogP contribution >= 0.6 is 0 Å². The van der Waals surface area contributed by atoms with Gasteiger partial charge in [-0.25, -0.2) is 0 Å². The van der Waals surface area contributed by atoms with Gasteiger partial charge < -0.3 is 5.32 Å². The molecule has 1 aliphatic heterocycles. The SMILES string of the molecule is CCC1CN(C2CCCCCCC2)C(CC)CN1. The molecule has 106 valence electrons. The highest BCUT2D eigenvalue weighted by molar-refractivity contribution is 4.89. The second kappa shape index (κ2) is 7.49. The molecule has 2 aliphatic rings. The Kier molecular flexibility index (Phi) is 5.97. The monoisotopic (exact) mass is 252 g/mol. The Morgan fingerprint density at radius 3 is 2.22 bits per heavy atom. The molecule has 2 atom stereocenters. The Hall–Kier alpha value is -0.0800. The van der Waals surface area contributed by atoms with Crippen LogP contribution in [0.25, 0.3) is 0 Å². The first-order valence-corrected chi connectivity index (χ1v) is 8.34. The maximum atomic E-state index is 3.73. The van der Waals surface area contributed by atoms with Crippen molar-refractivity contribution in [3.05, 3.63) is 0 Å². The Balaban J connectivity index is 1.96. The van der Waals surface area contributed by atoms with Crippen molar-refractivity contribution in [3.8, 4) is 0 Å². The first-order valence-electron chi connectivity index (χ1n) is 8.34. The molecule has 1 saturated heterocycles. The molecule has 0 aromatic carbocycles. The normalized spacial score (nSPS) is 33.0. The minimum absolute atomic E-state index is 0.734. The van der Waals surface area contributed by atoms with Crippen molar-refractivity contribution >= 4 is 0 Å². The van der Waals surface area contributed by atoms with Gasteiger partial charge in [0.2, 0.25) is 0 Å². The molecule has 0 radical (unpaired) electrons. The molecule has 1 heterocycles. The predicted octanol–water partition coefficient (Wildman–Crippen LogP) is 3.56. The van der Waals surface area contributed by atoms with Crippen LogP contribution in [-0.4, -0.2) is 36.1 Å². The number of hydrogen-bond acceptors (Lipinski definition) is 2. The van der Waals surface area contributed by atoms with E-state index in [1.165, 1.54) is 70.9 Å². The zero-order valence-corrected chi connectivity index (χ0v) is 12.5. The van der Waals surface area contributed by atoms with Crippen LogP contribution in [-0.2, 0) is 0 Å². The van der Waals surface area contributed by atoms with Gasteiger partial charge in [-0.2, -0.15) is 0 Å². The van der Waals surface area contributed by atoms with E-state index in [-0.39, 0.29) is 0 Å². The average molecular weight is 252 g/mol. The van der Waals surface area contributed by atoms with Crippen LogP contribution in [0.15, 0.2) is 0 Å². The summed E-state index contributed by atoms with van der Waals surface area (Å²) in [6, 6.07) is 2.40. The predicted molar refractivity (Wildman–Crippen MR) is 79.0 cm³/mol. The molecular formula is C16H32N2. The molecule has 2 rings (SSSR count). The van der Waals surface area contributed by atoms with E-state index in [0.717, 1.165) is 18.1 Å². The topological polar surface area (TPSA) is 15.3 Å². The maximum absolute atomic E-state index is 3.73. The second-order valence-electron chi connectivity index (χ2n) is 6.27. The standard InChI is InChI=1S/C16H32N2/c1-3-14-13-18(15(4-2)12-17-14)16-10-8-6-5-7-9-11-16/h14-17H,3-13H2,1-2H3. The summed E-state index contributed by atoms with van der Waals surface area (Å²) in [6.07, 6.45) is 12.8. The third kappa shape index (κ3) is 3.71. The van der Waals surface area contributed by atoms with Crippen LogP contribution in [0.3, 0.4) is 0 Å². The lowest BCUT2D eigenvalue weighted by Crippen LogP contribution is -2.59. The summed E-state index contributed by atoms with van der Waals surface area (Å²) in [4.78, 5) is 2.87. The summed E-state index contributed by atoms with van der Waals surface area (Å²) >= 11 is 0. The first-order chi connectivity index (χ1) is 8.85. The van der Waals surface area contributed by atoms with E-state index in [0.29, 0.717) is 0 Å². The zero-order chi connectivity index (χ0) is 12.8. The highest BCUT2D eigenvalue weighted by atomic mass is 15.3. The number of piperazine rings is 1. The Labute approximate surface area is 114 Å². The van der Waals surface area contributed by atoms with E-state index >= 15 is 0 Å². The largest absolute Gasteiger partial charge is 0.311 e. The van der Waals surface area contributed by atoms with Crippen molar-refractivity contribution < 1.29 is 0 Å². The van der Waals surface area contributed by atoms with Crippen molar-refractivity contribution in [2.75, 3.05) is 13.1 Å². The van der Waals surface area contributed by atoms with E-state index in [1.807, 2.05) is 0 Å². The van der Waals surface area contributed by atoms with Gasteiger partial charge in [0.05, 0.1) is 0 Å². The zero-order valence-electron chi connectivity index (χ0n) is 12.5. The molecule has 0 aromatic heterocycles. The summed E-state index contributed by atoms with van der Waals surface area (Å²) < 4.78 is 0. The van der Waals surface area contributed by atoms with Gasteiger partial charge in [0, 0.05) is 31.2 Å². The van der Waals surface area contributed by atoms with Gasteiger partial charge >= 0.3 is 0 Å². The van der Waals surface area contributed by atoms with Crippen LogP contribution in [0.5, 0.6) is 0 Å². The maximum Gasteiger partial charge on any atom is 0.0221 e. The van der Waals surface area contributed by atoms with Gasteiger partial charge in [-0.05, 0) is 25.7 Å². The Bertz CT molecular complexity index is 221. The van der Waals surface area contributed by atoms with Crippen molar-refractivity contribution in [1.29, 1.82) is 0 Å². The van der Waals surface area contributed by atoms with Gasteiger partial charge in [0.15, 0.2) is 0 Å². The highest BCUT2D eigenvalue weighted by Crippen LogP contribution is 2.25. The molecule has 1 aliphatic carbocycles. The van der Waals surface area contributed by atoms with Crippen LogP contribution in [0.4, 0.5) is 0 Å². The van der Waals surface area contributed by atoms with E-state index in [4.69, 9.17) is 0 Å². The van der Waals surface area contributed by atoms with Crippen LogP contribution in [0, 0.1) is 0 Å². The van der Waals surface area contributed by atoms with E-state index in [1.54, 1.807) is 0 Å². The third-order valence-electron chi connectivity index (χ3n) is 5.05. The molecule has 0 amide bonds. The fraction of sp³-hybridized carbons (Fsp3) is 1.00. The summed E-state index contributed by atoms with van der Waals surface area (Å²) in [6.45, 7) is 7.18. The Morgan fingerprint density at radius 1 is 0.944 bits per heavy atom. The van der Waals surface area contributed by atoms with Crippen LogP contribution in [0.1, 0.15) is 71.6 Å². The van der Waals surface area contributed by atoms with Crippen LogP contribution < -0.4 is 5.32 Å². The molecule has 0 aromatic rings. The molecule has 0 bridgehead atoms. The molecule has 0 spiro atoms. The number of rotatable bonds is 3. The number of nitrogens with zero attached hydrogens (tertiary/aromatic N) is 1. The van der Waals surface area contributed by atoms with Gasteiger partial charge in [-0.15, -0.1) is 0 Å². The van der Waals surface area contributed by atoms with Crippen molar-refractivity contribution in [2.45, 2.75) is 89.8 Å². The molecule has 2 nitrogen and oxygen atoms in total. The lowest BCUT2D eigenvalue weighted by Gasteiger charge is -2.45. The Morgan fingerprint density at radius 2 is 1.61 bits per heavy atom. The summed E-state index contributed by atoms with van der Waals surface area (Å²) in [5, 5.41) is 3.73. The molecule has 18 heavy (non-hydrogen) atoms. The third-order valence-corrected chi connectivity index (χ3v) is 5.05. The quantitative estimate of drug-likeness (QED) is 0.826. The molecule has 2 heteroatoms. The van der Waals surface area contributed by atoms with Gasteiger partial charge in [0.1, 0.15) is 0 Å². The highest BCUT2D eigenvalue weighted by Gasteiger charge is 2.30. The molecular weight excluding hydrogens is 220 g/mol. The fourth-order valence-electron chi connectivity index (χ4n) is 3.75. The van der Waals surface area contributed by atoms with Gasteiger partial charge in [-0.1, -0.05) is 46.0 Å². The van der Waals surface area contributed by atoms with Gasteiger partial charge in [0.25, 0.3) is 0 Å². The molecule has 2 fully saturated rings. The minimum atomic E-state index is 0.734. The fourth-order valence-corrected chi connectivity index (χ4v) is 3.75. The smallest absolute Gasteiger partial charge is 0.0221 e. The molecule has 2 unspecified atom stereocenters. The number of hydrogen-bond donors (Lipinski definition) is 1. The first kappa shape index (κ1) is 14.3. The van der Waals surface area contributed by atoms with Crippen LogP contribution in [0.2, 0.25) is 0 Å². The van der Waals surface area contributed by atoms with Crippen molar-refractivity contribution in [1.82, 2.24) is 10.2 Å². The minimum Gasteiger partial charge on any atom is -0.311 e. The summed E-state index contributed by atoms with van der Waals surface area (Å²) in [5.74, 6) is 0. The van der Waals surface area contributed by atoms with E-state index in [2.05, 4.69) is 24.1 Å². The molecule has 1 N–H and O–H groups in total. The van der Waals surface area contributed by atoms with E-state index < -0.39 is 0 Å². The summed E-state index contributed by atoms with van der Waals surface area (Å²) in [7, 11) is 0. The van der Waals surface area contributed by atoms with Gasteiger partial charge in [-0.3, -0.25) is 4.90 Å². The lowest BCUT2D eigenvalue weighted by atomic mass is 9.92. The van der Waals surface area contributed by atoms with Crippen molar-refractivity contribution in [3.63, 3.8) is 0 Å². The number of nitrogens with one attached hydrogen (secondary N) is 1. The van der Waals surface area contributed by atoms with Crippen molar-refractivity contribution in [2.24, 2.45) is 0 Å². The molecule has 1 saturated carbocycles. The second-order valence-corrected chi connectivity index (χ2v) is 6.27. The summed E-state index contributed by atoms with van der Waals surface area (Å²) in [5.41, 5.74) is 0. The van der Waals surface area contributed by atoms with E-state index in [9.17, 15) is 0 Å².